The maximum atomic E-state index is 13.1. The summed E-state index contributed by atoms with van der Waals surface area (Å²) in [6.45, 7) is 3.23. The Bertz CT molecular complexity index is 530. The van der Waals surface area contributed by atoms with E-state index >= 15 is 0 Å². The molecule has 0 aliphatic carbocycles. The highest BCUT2D eigenvalue weighted by Gasteiger charge is 2.28. The van der Waals surface area contributed by atoms with Crippen molar-refractivity contribution in [3.8, 4) is 0 Å². The predicted octanol–water partition coefficient (Wildman–Crippen LogP) is 1.53. The summed E-state index contributed by atoms with van der Waals surface area (Å²) in [6.07, 6.45) is 0. The van der Waals surface area contributed by atoms with Crippen LogP contribution in [0.3, 0.4) is 0 Å². The van der Waals surface area contributed by atoms with Gasteiger partial charge < -0.3 is 0 Å². The standard InChI is InChI=1S/C12H16BrFN2O2S/c13-4-5-15-6-8-16(9-7-15)19(17,18)12-3-1-2-11(14)10-12/h1-3,10H,4-9H2. The molecule has 7 heteroatoms. The lowest BCUT2D eigenvalue weighted by Crippen LogP contribution is -2.48. The van der Waals surface area contributed by atoms with Crippen molar-refractivity contribution in [3.63, 3.8) is 0 Å². The third-order valence-corrected chi connectivity index (χ3v) is 5.42. The van der Waals surface area contributed by atoms with E-state index < -0.39 is 15.8 Å². The van der Waals surface area contributed by atoms with Crippen molar-refractivity contribution in [1.82, 2.24) is 9.21 Å². The third kappa shape index (κ3) is 3.53. The highest BCUT2D eigenvalue weighted by molar-refractivity contribution is 9.09. The van der Waals surface area contributed by atoms with E-state index in [1.807, 2.05) is 0 Å². The fourth-order valence-electron chi connectivity index (χ4n) is 2.09. The molecule has 1 fully saturated rings. The molecule has 1 aliphatic rings. The van der Waals surface area contributed by atoms with Gasteiger partial charge in [-0.05, 0) is 18.2 Å². The normalized spacial score (nSPS) is 18.6. The molecule has 0 spiro atoms. The van der Waals surface area contributed by atoms with E-state index in [1.165, 1.54) is 22.5 Å². The monoisotopic (exact) mass is 350 g/mol. The fourth-order valence-corrected chi connectivity index (χ4v) is 4.05. The molecule has 1 aliphatic heterocycles. The molecule has 106 valence electrons. The van der Waals surface area contributed by atoms with E-state index in [-0.39, 0.29) is 4.90 Å². The minimum Gasteiger partial charge on any atom is -0.300 e. The predicted molar refractivity (Wildman–Crippen MR) is 75.4 cm³/mol. The summed E-state index contributed by atoms with van der Waals surface area (Å²) in [5, 5.41) is 0.879. The van der Waals surface area contributed by atoms with Crippen LogP contribution in [-0.4, -0.2) is 55.7 Å². The van der Waals surface area contributed by atoms with Crippen molar-refractivity contribution in [1.29, 1.82) is 0 Å². The zero-order valence-electron chi connectivity index (χ0n) is 10.4. The topological polar surface area (TPSA) is 40.6 Å². The molecule has 0 aromatic heterocycles. The largest absolute Gasteiger partial charge is 0.300 e. The van der Waals surface area contributed by atoms with Crippen LogP contribution in [0.2, 0.25) is 0 Å². The fraction of sp³-hybridized carbons (Fsp3) is 0.500. The van der Waals surface area contributed by atoms with Gasteiger partial charge in [-0.1, -0.05) is 22.0 Å². The Morgan fingerprint density at radius 1 is 1.21 bits per heavy atom. The van der Waals surface area contributed by atoms with Gasteiger partial charge in [-0.3, -0.25) is 4.90 Å². The summed E-state index contributed by atoms with van der Waals surface area (Å²) in [5.41, 5.74) is 0. The van der Waals surface area contributed by atoms with Crippen LogP contribution < -0.4 is 0 Å². The van der Waals surface area contributed by atoms with Gasteiger partial charge in [-0.25, -0.2) is 12.8 Å². The van der Waals surface area contributed by atoms with Crippen LogP contribution in [-0.2, 0) is 10.0 Å². The van der Waals surface area contributed by atoms with Gasteiger partial charge in [0.05, 0.1) is 4.90 Å². The zero-order chi connectivity index (χ0) is 13.9. The molecule has 1 aromatic carbocycles. The maximum absolute atomic E-state index is 13.1. The molecule has 1 aromatic rings. The third-order valence-electron chi connectivity index (χ3n) is 3.17. The molecule has 0 bridgehead atoms. The average molecular weight is 351 g/mol. The Kier molecular flexibility index (Phi) is 4.94. The molecule has 1 heterocycles. The smallest absolute Gasteiger partial charge is 0.243 e. The summed E-state index contributed by atoms with van der Waals surface area (Å²) in [6, 6.07) is 5.17. The minimum atomic E-state index is -3.57. The Morgan fingerprint density at radius 3 is 2.47 bits per heavy atom. The van der Waals surface area contributed by atoms with Gasteiger partial charge in [0.25, 0.3) is 0 Å². The summed E-state index contributed by atoms with van der Waals surface area (Å²) >= 11 is 3.37. The molecule has 0 unspecified atom stereocenters. The molecule has 1 saturated heterocycles. The molecule has 0 amide bonds. The molecule has 0 N–H and O–H groups in total. The Hall–Kier alpha value is -0.500. The second-order valence-electron chi connectivity index (χ2n) is 4.39. The van der Waals surface area contributed by atoms with E-state index in [1.54, 1.807) is 0 Å². The lowest BCUT2D eigenvalue weighted by Gasteiger charge is -2.33. The van der Waals surface area contributed by atoms with Crippen LogP contribution in [0.5, 0.6) is 0 Å². The molecule has 0 saturated carbocycles. The van der Waals surface area contributed by atoms with Crippen LogP contribution in [0.25, 0.3) is 0 Å². The van der Waals surface area contributed by atoms with E-state index in [2.05, 4.69) is 20.8 Å². The highest BCUT2D eigenvalue weighted by atomic mass is 79.9. The average Bonchev–Trinajstić information content (AvgIpc) is 2.40. The van der Waals surface area contributed by atoms with Crippen molar-refractivity contribution in [2.24, 2.45) is 0 Å². The van der Waals surface area contributed by atoms with Gasteiger partial charge in [0.2, 0.25) is 10.0 Å². The van der Waals surface area contributed by atoms with Crippen LogP contribution in [0.4, 0.5) is 4.39 Å². The molecule has 4 nitrogen and oxygen atoms in total. The number of sulfonamides is 1. The van der Waals surface area contributed by atoms with Crippen LogP contribution >= 0.6 is 15.9 Å². The van der Waals surface area contributed by atoms with Gasteiger partial charge in [-0.15, -0.1) is 0 Å². The second-order valence-corrected chi connectivity index (χ2v) is 7.12. The first-order chi connectivity index (χ1) is 9.04. The summed E-state index contributed by atoms with van der Waals surface area (Å²) in [7, 11) is -3.57. The van der Waals surface area contributed by atoms with E-state index in [0.29, 0.717) is 26.2 Å². The zero-order valence-corrected chi connectivity index (χ0v) is 12.8. The quantitative estimate of drug-likeness (QED) is 0.773. The van der Waals surface area contributed by atoms with Crippen LogP contribution in [0.15, 0.2) is 29.2 Å². The number of alkyl halides is 1. The van der Waals surface area contributed by atoms with E-state index in [0.717, 1.165) is 17.9 Å². The van der Waals surface area contributed by atoms with Crippen molar-refractivity contribution >= 4 is 26.0 Å². The number of nitrogens with zero attached hydrogens (tertiary/aromatic N) is 2. The first-order valence-electron chi connectivity index (χ1n) is 6.08. The Morgan fingerprint density at radius 2 is 1.89 bits per heavy atom. The SMILES string of the molecule is O=S(=O)(c1cccc(F)c1)N1CCN(CCBr)CC1. The number of halogens is 2. The van der Waals surface area contributed by atoms with Crippen molar-refractivity contribution in [3.05, 3.63) is 30.1 Å². The molecular formula is C12H16BrFN2O2S. The first-order valence-corrected chi connectivity index (χ1v) is 8.64. The second kappa shape index (κ2) is 6.30. The number of piperazine rings is 1. The van der Waals surface area contributed by atoms with E-state index in [9.17, 15) is 12.8 Å². The number of hydrogen-bond donors (Lipinski definition) is 0. The van der Waals surface area contributed by atoms with Crippen LogP contribution in [0.1, 0.15) is 0 Å². The summed E-state index contributed by atoms with van der Waals surface area (Å²) < 4.78 is 39.2. The van der Waals surface area contributed by atoms with Crippen molar-refractivity contribution in [2.75, 3.05) is 38.1 Å². The molecule has 19 heavy (non-hydrogen) atoms. The number of rotatable bonds is 4. The summed E-state index contributed by atoms with van der Waals surface area (Å²) in [5.74, 6) is -0.529. The molecule has 2 rings (SSSR count). The molecule has 0 radical (unpaired) electrons. The maximum Gasteiger partial charge on any atom is 0.243 e. The van der Waals surface area contributed by atoms with Gasteiger partial charge >= 0.3 is 0 Å². The van der Waals surface area contributed by atoms with Gasteiger partial charge in [0.15, 0.2) is 0 Å². The minimum absolute atomic E-state index is 0.0291. The molecule has 0 atom stereocenters. The Labute approximate surface area is 121 Å². The van der Waals surface area contributed by atoms with Crippen molar-refractivity contribution in [2.45, 2.75) is 4.90 Å². The lowest BCUT2D eigenvalue weighted by atomic mass is 10.3. The van der Waals surface area contributed by atoms with Crippen molar-refractivity contribution < 1.29 is 12.8 Å². The van der Waals surface area contributed by atoms with Crippen LogP contribution in [0, 0.1) is 5.82 Å². The summed E-state index contributed by atoms with van der Waals surface area (Å²) in [4.78, 5) is 2.23. The first kappa shape index (κ1) is 14.9. The lowest BCUT2D eigenvalue weighted by molar-refractivity contribution is 0.198. The van der Waals surface area contributed by atoms with Gasteiger partial charge in [-0.2, -0.15) is 4.31 Å². The molecular weight excluding hydrogens is 335 g/mol. The highest BCUT2D eigenvalue weighted by Crippen LogP contribution is 2.18. The number of benzene rings is 1. The van der Waals surface area contributed by atoms with Gasteiger partial charge in [0.1, 0.15) is 5.82 Å². The Balaban J connectivity index is 2.10. The van der Waals surface area contributed by atoms with Gasteiger partial charge in [0, 0.05) is 38.1 Å². The number of hydrogen-bond acceptors (Lipinski definition) is 3. The van der Waals surface area contributed by atoms with E-state index in [4.69, 9.17) is 0 Å².